The van der Waals surface area contributed by atoms with E-state index in [2.05, 4.69) is 39.8 Å². The fourth-order valence-corrected chi connectivity index (χ4v) is 3.78. The van der Waals surface area contributed by atoms with Crippen molar-refractivity contribution < 1.29 is 4.79 Å². The van der Waals surface area contributed by atoms with E-state index in [1.54, 1.807) is 0 Å². The first-order valence-corrected chi connectivity index (χ1v) is 7.69. The van der Waals surface area contributed by atoms with Gasteiger partial charge in [0.1, 0.15) is 0 Å². The molecule has 1 aliphatic heterocycles. The van der Waals surface area contributed by atoms with Crippen molar-refractivity contribution in [2.75, 3.05) is 6.54 Å². The molecule has 2 heterocycles. The molecule has 0 atom stereocenters. The molecule has 20 heavy (non-hydrogen) atoms. The molecule has 0 N–H and O–H groups in total. The van der Waals surface area contributed by atoms with E-state index in [1.165, 1.54) is 29.4 Å². The van der Waals surface area contributed by atoms with E-state index in [4.69, 9.17) is 0 Å². The minimum Gasteiger partial charge on any atom is -0.341 e. The summed E-state index contributed by atoms with van der Waals surface area (Å²) in [4.78, 5) is 14.6. The van der Waals surface area contributed by atoms with Gasteiger partial charge in [-0.3, -0.25) is 4.79 Å². The Morgan fingerprint density at radius 3 is 2.75 bits per heavy atom. The van der Waals surface area contributed by atoms with Crippen molar-refractivity contribution in [3.05, 3.63) is 36.0 Å². The van der Waals surface area contributed by atoms with Gasteiger partial charge in [0.2, 0.25) is 5.91 Å². The molecule has 0 bridgehead atoms. The van der Waals surface area contributed by atoms with Crippen LogP contribution >= 0.6 is 0 Å². The number of carbonyl (C=O) groups is 1. The Kier molecular flexibility index (Phi) is 2.79. The first-order valence-electron chi connectivity index (χ1n) is 7.69. The second kappa shape index (κ2) is 4.65. The average Bonchev–Trinajstić information content (AvgIpc) is 3.13. The number of para-hydroxylation sites is 1. The summed E-state index contributed by atoms with van der Waals surface area (Å²) in [7, 11) is 0. The number of benzene rings is 1. The number of hydrogen-bond acceptors (Lipinski definition) is 1. The standard InChI is InChI=1S/C17H20N2O/c20-17(13-5-1-2-6-13)18-9-10-19-15(12-18)11-14-7-3-4-8-16(14)19/h3-4,7-8,11,13H,1-2,5-6,9-10,12H2. The molecule has 1 aromatic carbocycles. The lowest BCUT2D eigenvalue weighted by Gasteiger charge is -2.31. The predicted octanol–water partition coefficient (Wildman–Crippen LogP) is 3.17. The van der Waals surface area contributed by atoms with Crippen molar-refractivity contribution in [1.82, 2.24) is 9.47 Å². The van der Waals surface area contributed by atoms with Crippen LogP contribution in [0, 0.1) is 5.92 Å². The molecule has 2 aromatic rings. The molecular formula is C17H20N2O. The van der Waals surface area contributed by atoms with E-state index in [0.717, 1.165) is 32.5 Å². The highest BCUT2D eigenvalue weighted by molar-refractivity contribution is 5.83. The summed E-state index contributed by atoms with van der Waals surface area (Å²) in [6.45, 7) is 2.58. The van der Waals surface area contributed by atoms with Gasteiger partial charge in [-0.2, -0.15) is 0 Å². The molecule has 3 heteroatoms. The third-order valence-electron chi connectivity index (χ3n) is 4.86. The zero-order valence-electron chi connectivity index (χ0n) is 11.7. The van der Waals surface area contributed by atoms with Crippen molar-refractivity contribution in [3.63, 3.8) is 0 Å². The Bertz CT molecular complexity index is 652. The second-order valence-electron chi connectivity index (χ2n) is 6.09. The smallest absolute Gasteiger partial charge is 0.226 e. The van der Waals surface area contributed by atoms with Crippen LogP contribution in [0.4, 0.5) is 0 Å². The number of hydrogen-bond donors (Lipinski definition) is 0. The van der Waals surface area contributed by atoms with Gasteiger partial charge in [0.05, 0.1) is 6.54 Å². The monoisotopic (exact) mass is 268 g/mol. The van der Waals surface area contributed by atoms with Crippen LogP contribution in [0.5, 0.6) is 0 Å². The molecule has 1 aromatic heterocycles. The van der Waals surface area contributed by atoms with Crippen molar-refractivity contribution in [2.24, 2.45) is 5.92 Å². The summed E-state index contributed by atoms with van der Waals surface area (Å²) in [5.74, 6) is 0.685. The summed E-state index contributed by atoms with van der Waals surface area (Å²) >= 11 is 0. The number of fused-ring (bicyclic) bond motifs is 3. The Labute approximate surface area is 119 Å². The topological polar surface area (TPSA) is 25.2 Å². The molecular weight excluding hydrogens is 248 g/mol. The van der Waals surface area contributed by atoms with Crippen LogP contribution in [0.1, 0.15) is 31.4 Å². The summed E-state index contributed by atoms with van der Waals surface area (Å²) in [6.07, 6.45) is 4.64. The zero-order chi connectivity index (χ0) is 13.5. The maximum absolute atomic E-state index is 12.5. The third kappa shape index (κ3) is 1.84. The first-order chi connectivity index (χ1) is 9.83. The molecule has 1 saturated carbocycles. The molecule has 3 nitrogen and oxygen atoms in total. The van der Waals surface area contributed by atoms with E-state index >= 15 is 0 Å². The van der Waals surface area contributed by atoms with E-state index < -0.39 is 0 Å². The van der Waals surface area contributed by atoms with E-state index in [0.29, 0.717) is 11.8 Å². The summed E-state index contributed by atoms with van der Waals surface area (Å²) < 4.78 is 2.37. The summed E-state index contributed by atoms with van der Waals surface area (Å²) in [5.41, 5.74) is 2.58. The van der Waals surface area contributed by atoms with Crippen LogP contribution in [0.2, 0.25) is 0 Å². The highest BCUT2D eigenvalue weighted by Crippen LogP contribution is 2.29. The number of nitrogens with zero attached hydrogens (tertiary/aromatic N) is 2. The SMILES string of the molecule is O=C(C1CCCC1)N1CCn2c(cc3ccccc32)C1. The molecule has 0 unspecified atom stereocenters. The second-order valence-corrected chi connectivity index (χ2v) is 6.09. The van der Waals surface area contributed by atoms with Crippen molar-refractivity contribution in [1.29, 1.82) is 0 Å². The molecule has 1 fully saturated rings. The molecule has 0 saturated heterocycles. The van der Waals surface area contributed by atoms with Crippen LogP contribution in [-0.2, 0) is 17.9 Å². The fraction of sp³-hybridized carbons (Fsp3) is 0.471. The van der Waals surface area contributed by atoms with Crippen LogP contribution in [-0.4, -0.2) is 21.9 Å². The fourth-order valence-electron chi connectivity index (χ4n) is 3.78. The van der Waals surface area contributed by atoms with Crippen molar-refractivity contribution in [3.8, 4) is 0 Å². The minimum absolute atomic E-state index is 0.297. The Balaban J connectivity index is 1.61. The molecule has 0 spiro atoms. The Hall–Kier alpha value is -1.77. The average molecular weight is 268 g/mol. The Morgan fingerprint density at radius 1 is 1.10 bits per heavy atom. The van der Waals surface area contributed by atoms with Gasteiger partial charge in [-0.1, -0.05) is 31.0 Å². The third-order valence-corrected chi connectivity index (χ3v) is 4.86. The van der Waals surface area contributed by atoms with Gasteiger partial charge in [0.15, 0.2) is 0 Å². The van der Waals surface area contributed by atoms with Crippen molar-refractivity contribution >= 4 is 16.8 Å². The number of carbonyl (C=O) groups excluding carboxylic acids is 1. The quantitative estimate of drug-likeness (QED) is 0.780. The van der Waals surface area contributed by atoms with Gasteiger partial charge in [-0.05, 0) is 30.4 Å². The van der Waals surface area contributed by atoms with E-state index in [1.807, 2.05) is 0 Å². The van der Waals surface area contributed by atoms with Crippen LogP contribution in [0.15, 0.2) is 30.3 Å². The highest BCUT2D eigenvalue weighted by Gasteiger charge is 2.29. The largest absolute Gasteiger partial charge is 0.341 e. The molecule has 4 rings (SSSR count). The number of rotatable bonds is 1. The lowest BCUT2D eigenvalue weighted by atomic mass is 10.1. The lowest BCUT2D eigenvalue weighted by Crippen LogP contribution is -2.40. The van der Waals surface area contributed by atoms with Gasteiger partial charge < -0.3 is 9.47 Å². The summed E-state index contributed by atoms with van der Waals surface area (Å²) in [6, 6.07) is 10.7. The van der Waals surface area contributed by atoms with Gasteiger partial charge in [0, 0.05) is 30.2 Å². The maximum atomic E-state index is 12.5. The minimum atomic E-state index is 0.297. The van der Waals surface area contributed by atoms with E-state index in [9.17, 15) is 4.79 Å². The molecule has 1 aliphatic carbocycles. The van der Waals surface area contributed by atoms with Gasteiger partial charge in [-0.15, -0.1) is 0 Å². The normalized spacial score (nSPS) is 19.5. The molecule has 2 aliphatic rings. The van der Waals surface area contributed by atoms with Gasteiger partial charge >= 0.3 is 0 Å². The molecule has 104 valence electrons. The zero-order valence-corrected chi connectivity index (χ0v) is 11.7. The maximum Gasteiger partial charge on any atom is 0.226 e. The summed E-state index contributed by atoms with van der Waals surface area (Å²) in [5, 5.41) is 1.29. The number of amides is 1. The van der Waals surface area contributed by atoms with Crippen LogP contribution < -0.4 is 0 Å². The van der Waals surface area contributed by atoms with Gasteiger partial charge in [0.25, 0.3) is 0 Å². The van der Waals surface area contributed by atoms with Crippen LogP contribution in [0.3, 0.4) is 0 Å². The Morgan fingerprint density at radius 2 is 1.90 bits per heavy atom. The van der Waals surface area contributed by atoms with Crippen LogP contribution in [0.25, 0.3) is 10.9 Å². The lowest BCUT2D eigenvalue weighted by molar-refractivity contribution is -0.136. The van der Waals surface area contributed by atoms with Gasteiger partial charge in [-0.25, -0.2) is 0 Å². The van der Waals surface area contributed by atoms with E-state index in [-0.39, 0.29) is 0 Å². The predicted molar refractivity (Wildman–Crippen MR) is 79.3 cm³/mol. The number of aromatic nitrogens is 1. The van der Waals surface area contributed by atoms with Crippen molar-refractivity contribution in [2.45, 2.75) is 38.8 Å². The highest BCUT2D eigenvalue weighted by atomic mass is 16.2. The molecule has 0 radical (unpaired) electrons. The first kappa shape index (κ1) is 12.0. The molecule has 1 amide bonds.